The van der Waals surface area contributed by atoms with Gasteiger partial charge in [0.05, 0.1) is 10.6 Å². The largest absolute Gasteiger partial charge is 0.279 e. The number of hydrogen-bond acceptors (Lipinski definition) is 3. The third-order valence-electron chi connectivity index (χ3n) is 3.36. The first kappa shape index (κ1) is 15.7. The van der Waals surface area contributed by atoms with Gasteiger partial charge < -0.3 is 0 Å². The lowest BCUT2D eigenvalue weighted by atomic mass is 10.2. The fourth-order valence-electron chi connectivity index (χ4n) is 2.22. The Bertz CT molecular complexity index is 931. The number of benzene rings is 2. The van der Waals surface area contributed by atoms with Crippen LogP contribution in [0.15, 0.2) is 64.9 Å². The SMILES string of the molecule is Cc1ccccc1S(=O)(=O)Nc1csc(-c2ccc(F)cc2)c1. The average Bonchev–Trinajstić information content (AvgIpc) is 2.96. The molecule has 0 radical (unpaired) electrons. The Labute approximate surface area is 138 Å². The molecule has 0 aliphatic carbocycles. The third-order valence-corrected chi connectivity index (χ3v) is 5.88. The Hall–Kier alpha value is -2.18. The smallest absolute Gasteiger partial charge is 0.262 e. The first-order chi connectivity index (χ1) is 11.0. The van der Waals surface area contributed by atoms with Crippen molar-refractivity contribution >= 4 is 27.0 Å². The lowest BCUT2D eigenvalue weighted by molar-refractivity contribution is 0.600. The van der Waals surface area contributed by atoms with Gasteiger partial charge in [-0.2, -0.15) is 0 Å². The number of thiophene rings is 1. The molecule has 6 heteroatoms. The molecule has 1 heterocycles. The minimum Gasteiger partial charge on any atom is -0.279 e. The highest BCUT2D eigenvalue weighted by molar-refractivity contribution is 7.92. The molecular weight excluding hydrogens is 333 g/mol. The van der Waals surface area contributed by atoms with E-state index in [4.69, 9.17) is 0 Å². The Balaban J connectivity index is 1.87. The van der Waals surface area contributed by atoms with Crippen molar-refractivity contribution in [2.24, 2.45) is 0 Å². The molecule has 23 heavy (non-hydrogen) atoms. The second-order valence-corrected chi connectivity index (χ2v) is 7.64. The second-order valence-electron chi connectivity index (χ2n) is 5.08. The van der Waals surface area contributed by atoms with Gasteiger partial charge in [0.25, 0.3) is 10.0 Å². The predicted octanol–water partition coefficient (Wildman–Crippen LogP) is 4.66. The molecule has 0 unspecified atom stereocenters. The highest BCUT2D eigenvalue weighted by Crippen LogP contribution is 2.31. The van der Waals surface area contributed by atoms with Crippen molar-refractivity contribution in [2.45, 2.75) is 11.8 Å². The number of rotatable bonds is 4. The van der Waals surface area contributed by atoms with E-state index in [1.807, 2.05) is 0 Å². The normalized spacial score (nSPS) is 11.4. The van der Waals surface area contributed by atoms with Gasteiger partial charge in [0.15, 0.2) is 0 Å². The Kier molecular flexibility index (Phi) is 4.19. The maximum atomic E-state index is 13.0. The molecule has 1 aromatic heterocycles. The van der Waals surface area contributed by atoms with E-state index in [1.165, 1.54) is 23.5 Å². The lowest BCUT2D eigenvalue weighted by Crippen LogP contribution is -2.13. The molecular formula is C17H14FNO2S2. The first-order valence-electron chi connectivity index (χ1n) is 6.89. The van der Waals surface area contributed by atoms with Crippen LogP contribution in [-0.4, -0.2) is 8.42 Å². The van der Waals surface area contributed by atoms with E-state index in [0.717, 1.165) is 10.4 Å². The number of sulfonamides is 1. The number of halogens is 1. The molecule has 3 rings (SSSR count). The van der Waals surface area contributed by atoms with Crippen molar-refractivity contribution in [3.05, 3.63) is 71.4 Å². The highest BCUT2D eigenvalue weighted by atomic mass is 32.2. The summed E-state index contributed by atoms with van der Waals surface area (Å²) in [5, 5.41) is 1.73. The third kappa shape index (κ3) is 3.43. The van der Waals surface area contributed by atoms with Crippen LogP contribution in [0.4, 0.5) is 10.1 Å². The second kappa shape index (κ2) is 6.14. The minimum atomic E-state index is -3.62. The summed E-state index contributed by atoms with van der Waals surface area (Å²) in [4.78, 5) is 1.13. The van der Waals surface area contributed by atoms with E-state index in [0.29, 0.717) is 11.3 Å². The summed E-state index contributed by atoms with van der Waals surface area (Å²) in [7, 11) is -3.62. The van der Waals surface area contributed by atoms with Gasteiger partial charge in [0, 0.05) is 10.3 Å². The maximum absolute atomic E-state index is 13.0. The van der Waals surface area contributed by atoms with Crippen LogP contribution in [0.1, 0.15) is 5.56 Å². The van der Waals surface area contributed by atoms with Crippen LogP contribution in [0.25, 0.3) is 10.4 Å². The molecule has 0 saturated heterocycles. The highest BCUT2D eigenvalue weighted by Gasteiger charge is 2.17. The summed E-state index contributed by atoms with van der Waals surface area (Å²) < 4.78 is 40.5. The molecule has 0 aliphatic heterocycles. The Morgan fingerprint density at radius 3 is 2.43 bits per heavy atom. The van der Waals surface area contributed by atoms with E-state index >= 15 is 0 Å². The summed E-state index contributed by atoms with van der Waals surface area (Å²) in [6.07, 6.45) is 0. The number of hydrogen-bond donors (Lipinski definition) is 1. The standard InChI is InChI=1S/C17H14FNO2S2/c1-12-4-2-3-5-17(12)23(20,21)19-15-10-16(22-11-15)13-6-8-14(18)9-7-13/h2-11,19H,1H3. The van der Waals surface area contributed by atoms with Crippen molar-refractivity contribution in [1.29, 1.82) is 0 Å². The molecule has 1 N–H and O–H groups in total. The zero-order chi connectivity index (χ0) is 16.4. The number of anilines is 1. The van der Waals surface area contributed by atoms with E-state index in [-0.39, 0.29) is 10.7 Å². The molecule has 2 aromatic carbocycles. The average molecular weight is 347 g/mol. The Morgan fingerprint density at radius 2 is 1.74 bits per heavy atom. The van der Waals surface area contributed by atoms with Crippen LogP contribution >= 0.6 is 11.3 Å². The summed E-state index contributed by atoms with van der Waals surface area (Å²) in [5.74, 6) is -0.300. The quantitative estimate of drug-likeness (QED) is 0.746. The van der Waals surface area contributed by atoms with Crippen molar-refractivity contribution in [1.82, 2.24) is 0 Å². The van der Waals surface area contributed by atoms with Crippen LogP contribution in [0, 0.1) is 12.7 Å². The predicted molar refractivity (Wildman–Crippen MR) is 91.7 cm³/mol. The summed E-state index contributed by atoms with van der Waals surface area (Å²) >= 11 is 1.40. The van der Waals surface area contributed by atoms with Gasteiger partial charge in [-0.05, 0) is 42.3 Å². The molecule has 3 aromatic rings. The van der Waals surface area contributed by atoms with Crippen LogP contribution in [-0.2, 0) is 10.0 Å². The van der Waals surface area contributed by atoms with Gasteiger partial charge in [0.2, 0.25) is 0 Å². The fraction of sp³-hybridized carbons (Fsp3) is 0.0588. The fourth-order valence-corrected chi connectivity index (χ4v) is 4.43. The van der Waals surface area contributed by atoms with Crippen molar-refractivity contribution in [3.8, 4) is 10.4 Å². The summed E-state index contributed by atoms with van der Waals surface area (Å²) in [6.45, 7) is 1.76. The number of nitrogens with one attached hydrogen (secondary N) is 1. The van der Waals surface area contributed by atoms with Crippen LogP contribution < -0.4 is 4.72 Å². The molecule has 0 aliphatic rings. The van der Waals surface area contributed by atoms with Crippen molar-refractivity contribution in [2.75, 3.05) is 4.72 Å². The topological polar surface area (TPSA) is 46.2 Å². The van der Waals surface area contributed by atoms with E-state index < -0.39 is 10.0 Å². The van der Waals surface area contributed by atoms with Gasteiger partial charge in [0.1, 0.15) is 5.82 Å². The molecule has 0 fully saturated rings. The van der Waals surface area contributed by atoms with Crippen LogP contribution in [0.2, 0.25) is 0 Å². The van der Waals surface area contributed by atoms with Gasteiger partial charge in [-0.1, -0.05) is 30.3 Å². The minimum absolute atomic E-state index is 0.259. The molecule has 0 amide bonds. The van der Waals surface area contributed by atoms with Crippen molar-refractivity contribution in [3.63, 3.8) is 0 Å². The summed E-state index contributed by atoms with van der Waals surface area (Å²) in [5.41, 5.74) is 2.03. The van der Waals surface area contributed by atoms with Gasteiger partial charge in [-0.15, -0.1) is 11.3 Å². The molecule has 0 bridgehead atoms. The van der Waals surface area contributed by atoms with Crippen LogP contribution in [0.5, 0.6) is 0 Å². The van der Waals surface area contributed by atoms with E-state index in [2.05, 4.69) is 4.72 Å². The van der Waals surface area contributed by atoms with E-state index in [1.54, 1.807) is 54.8 Å². The molecule has 3 nitrogen and oxygen atoms in total. The van der Waals surface area contributed by atoms with Gasteiger partial charge >= 0.3 is 0 Å². The summed E-state index contributed by atoms with van der Waals surface area (Å²) in [6, 6.07) is 14.7. The molecule has 0 saturated carbocycles. The van der Waals surface area contributed by atoms with Crippen molar-refractivity contribution < 1.29 is 12.8 Å². The molecule has 118 valence electrons. The Morgan fingerprint density at radius 1 is 1.04 bits per heavy atom. The first-order valence-corrected chi connectivity index (χ1v) is 9.25. The zero-order valence-electron chi connectivity index (χ0n) is 12.3. The number of aryl methyl sites for hydroxylation is 1. The van der Waals surface area contributed by atoms with Crippen LogP contribution in [0.3, 0.4) is 0 Å². The van der Waals surface area contributed by atoms with E-state index in [9.17, 15) is 12.8 Å². The molecule has 0 atom stereocenters. The van der Waals surface area contributed by atoms with Gasteiger partial charge in [-0.25, -0.2) is 12.8 Å². The molecule has 0 spiro atoms. The zero-order valence-corrected chi connectivity index (χ0v) is 13.9. The van der Waals surface area contributed by atoms with Gasteiger partial charge in [-0.3, -0.25) is 4.72 Å². The monoisotopic (exact) mass is 347 g/mol. The maximum Gasteiger partial charge on any atom is 0.262 e. The lowest BCUT2D eigenvalue weighted by Gasteiger charge is -2.08.